The lowest BCUT2D eigenvalue weighted by molar-refractivity contribution is -0.154. The number of carbonyl (C=O) groups excluding carboxylic acids is 3. The third kappa shape index (κ3) is 4.55. The normalized spacial score (nSPS) is 31.6. The highest BCUT2D eigenvalue weighted by molar-refractivity contribution is 8.02. The molecular weight excluding hydrogens is 452 g/mol. The highest BCUT2D eigenvalue weighted by Crippen LogP contribution is 2.68. The highest BCUT2D eigenvalue weighted by Gasteiger charge is 2.76. The summed E-state index contributed by atoms with van der Waals surface area (Å²) >= 11 is 1.65. The second-order valence-corrected chi connectivity index (χ2v) is 11.5. The first-order valence-electron chi connectivity index (χ1n) is 12.5. The molecule has 190 valence electrons. The number of hydrogen-bond donors (Lipinski definition) is 1. The number of esters is 1. The van der Waals surface area contributed by atoms with E-state index in [0.29, 0.717) is 26.1 Å². The Hall–Kier alpha value is -1.80. The van der Waals surface area contributed by atoms with E-state index in [1.54, 1.807) is 27.6 Å². The van der Waals surface area contributed by atoms with Crippen LogP contribution in [-0.4, -0.2) is 81.1 Å². The summed E-state index contributed by atoms with van der Waals surface area (Å²) in [6, 6.07) is -0.708. The zero-order valence-electron chi connectivity index (χ0n) is 20.8. The zero-order valence-corrected chi connectivity index (χ0v) is 21.6. The molecule has 6 atom stereocenters. The van der Waals surface area contributed by atoms with Crippen molar-refractivity contribution >= 4 is 29.5 Å². The summed E-state index contributed by atoms with van der Waals surface area (Å²) < 4.78 is 4.99. The molecule has 0 aromatic heterocycles. The largest absolute Gasteiger partial charge is 0.465 e. The SMILES string of the molecule is C=CCCCCOC(=O)[C@@H]1[C@H]2C(=O)N(CCCO)C(C(=O)N(CC=C)C(C)C)C23S[C@@H]1CC3C. The number of carbonyl (C=O) groups is 3. The van der Waals surface area contributed by atoms with Crippen molar-refractivity contribution in [1.29, 1.82) is 0 Å². The zero-order chi connectivity index (χ0) is 25.0. The van der Waals surface area contributed by atoms with Gasteiger partial charge in [-0.3, -0.25) is 14.4 Å². The van der Waals surface area contributed by atoms with Gasteiger partial charge in [-0.2, -0.15) is 0 Å². The lowest BCUT2D eigenvalue weighted by Gasteiger charge is -2.41. The predicted octanol–water partition coefficient (Wildman–Crippen LogP) is 3.03. The summed E-state index contributed by atoms with van der Waals surface area (Å²) in [6.07, 6.45) is 7.27. The molecule has 0 aromatic rings. The number of likely N-dealkylation sites (tertiary alicyclic amines) is 1. The Balaban J connectivity index is 1.93. The topological polar surface area (TPSA) is 87.1 Å². The number of thioether (sulfide) groups is 1. The van der Waals surface area contributed by atoms with E-state index in [4.69, 9.17) is 4.74 Å². The van der Waals surface area contributed by atoms with Gasteiger partial charge >= 0.3 is 5.97 Å². The summed E-state index contributed by atoms with van der Waals surface area (Å²) in [5.41, 5.74) is 0. The molecular formula is C26H40N2O5S. The average Bonchev–Trinajstić information content (AvgIpc) is 3.38. The molecule has 3 aliphatic rings. The van der Waals surface area contributed by atoms with E-state index < -0.39 is 22.6 Å². The van der Waals surface area contributed by atoms with Crippen LogP contribution in [0.25, 0.3) is 0 Å². The Morgan fingerprint density at radius 3 is 2.65 bits per heavy atom. The van der Waals surface area contributed by atoms with Crippen molar-refractivity contribution in [1.82, 2.24) is 9.80 Å². The van der Waals surface area contributed by atoms with Crippen LogP contribution in [0.1, 0.15) is 52.9 Å². The molecule has 2 amide bonds. The molecule has 3 fully saturated rings. The molecule has 7 nitrogen and oxygen atoms in total. The van der Waals surface area contributed by atoms with Crippen LogP contribution in [0.3, 0.4) is 0 Å². The quantitative estimate of drug-likeness (QED) is 0.242. The van der Waals surface area contributed by atoms with Crippen LogP contribution in [-0.2, 0) is 19.1 Å². The van der Waals surface area contributed by atoms with Crippen molar-refractivity contribution in [3.05, 3.63) is 25.3 Å². The Bertz CT molecular complexity index is 802. The van der Waals surface area contributed by atoms with Crippen LogP contribution in [0, 0.1) is 17.8 Å². The maximum absolute atomic E-state index is 14.0. The van der Waals surface area contributed by atoms with E-state index in [2.05, 4.69) is 20.1 Å². The van der Waals surface area contributed by atoms with Crippen molar-refractivity contribution in [2.75, 3.05) is 26.3 Å². The van der Waals surface area contributed by atoms with Gasteiger partial charge in [0, 0.05) is 31.0 Å². The standard InChI is InChI=1S/C26H40N2O5S/c1-6-8-9-10-15-33-25(32)20-19-16-18(5)26(34-19)21(20)23(30)28(13-11-14-29)22(26)24(31)27(12-7-2)17(3)4/h6-7,17-22,29H,1-2,8-16H2,3-5H3/t18?,19-,20+,21+,22?,26?/m1/s1. The van der Waals surface area contributed by atoms with Crippen molar-refractivity contribution in [3.63, 3.8) is 0 Å². The molecule has 3 saturated heterocycles. The number of allylic oxidation sites excluding steroid dienone is 1. The lowest BCUT2D eigenvalue weighted by Crippen LogP contribution is -2.58. The third-order valence-corrected chi connectivity index (χ3v) is 9.66. The van der Waals surface area contributed by atoms with Gasteiger partial charge in [-0.05, 0) is 51.9 Å². The summed E-state index contributed by atoms with van der Waals surface area (Å²) in [5.74, 6) is -1.55. The van der Waals surface area contributed by atoms with Gasteiger partial charge in [-0.1, -0.05) is 19.1 Å². The lowest BCUT2D eigenvalue weighted by atomic mass is 9.66. The van der Waals surface area contributed by atoms with E-state index in [0.717, 1.165) is 25.7 Å². The molecule has 3 rings (SSSR count). The minimum absolute atomic E-state index is 0.0215. The summed E-state index contributed by atoms with van der Waals surface area (Å²) in [4.78, 5) is 44.5. The fourth-order valence-electron chi connectivity index (χ4n) is 6.06. The summed E-state index contributed by atoms with van der Waals surface area (Å²) in [6.45, 7) is 14.5. The monoisotopic (exact) mass is 492 g/mol. The van der Waals surface area contributed by atoms with Gasteiger partial charge in [-0.25, -0.2) is 0 Å². The van der Waals surface area contributed by atoms with Gasteiger partial charge in [-0.15, -0.1) is 24.9 Å². The van der Waals surface area contributed by atoms with Gasteiger partial charge in [0.05, 0.1) is 23.2 Å². The van der Waals surface area contributed by atoms with Crippen molar-refractivity contribution in [3.8, 4) is 0 Å². The van der Waals surface area contributed by atoms with E-state index in [1.807, 2.05) is 19.9 Å². The van der Waals surface area contributed by atoms with Crippen molar-refractivity contribution in [2.24, 2.45) is 17.8 Å². The molecule has 0 saturated carbocycles. The van der Waals surface area contributed by atoms with Crippen LogP contribution in [0.15, 0.2) is 25.3 Å². The van der Waals surface area contributed by atoms with Gasteiger partial charge in [0.1, 0.15) is 6.04 Å². The molecule has 3 aliphatic heterocycles. The minimum Gasteiger partial charge on any atom is -0.465 e. The molecule has 0 aliphatic carbocycles. The number of aliphatic hydroxyl groups is 1. The Labute approximate surface area is 208 Å². The number of ether oxygens (including phenoxy) is 1. The molecule has 8 heteroatoms. The van der Waals surface area contributed by atoms with Gasteiger partial charge in [0.15, 0.2) is 0 Å². The number of unbranched alkanes of at least 4 members (excludes halogenated alkanes) is 2. The fraction of sp³-hybridized carbons (Fsp3) is 0.731. The molecule has 1 N–H and O–H groups in total. The molecule has 0 aromatic carbocycles. The number of rotatable bonds is 13. The Morgan fingerprint density at radius 2 is 2.03 bits per heavy atom. The number of nitrogens with zero attached hydrogens (tertiary/aromatic N) is 2. The molecule has 34 heavy (non-hydrogen) atoms. The van der Waals surface area contributed by atoms with Crippen LogP contribution < -0.4 is 0 Å². The highest BCUT2D eigenvalue weighted by atomic mass is 32.2. The van der Waals surface area contributed by atoms with E-state index in [-0.39, 0.29) is 41.6 Å². The number of aliphatic hydroxyl groups excluding tert-OH is 1. The summed E-state index contributed by atoms with van der Waals surface area (Å²) in [7, 11) is 0. The number of fused-ring (bicyclic) bond motifs is 1. The Kier molecular flexibility index (Phi) is 8.90. The van der Waals surface area contributed by atoms with E-state index in [1.165, 1.54) is 0 Å². The average molecular weight is 493 g/mol. The molecule has 1 spiro atoms. The Morgan fingerprint density at radius 1 is 1.29 bits per heavy atom. The maximum atomic E-state index is 14.0. The van der Waals surface area contributed by atoms with E-state index >= 15 is 0 Å². The van der Waals surface area contributed by atoms with Crippen molar-refractivity contribution < 1.29 is 24.2 Å². The van der Waals surface area contributed by atoms with Crippen LogP contribution in [0.5, 0.6) is 0 Å². The molecule has 3 unspecified atom stereocenters. The van der Waals surface area contributed by atoms with Gasteiger partial charge in [0.2, 0.25) is 11.8 Å². The van der Waals surface area contributed by atoms with Crippen LogP contribution in [0.4, 0.5) is 0 Å². The maximum Gasteiger partial charge on any atom is 0.310 e. The fourth-order valence-corrected chi connectivity index (χ4v) is 8.46. The molecule has 2 bridgehead atoms. The van der Waals surface area contributed by atoms with Crippen LogP contribution >= 0.6 is 11.8 Å². The first kappa shape index (κ1) is 26.8. The minimum atomic E-state index is -0.658. The first-order chi connectivity index (χ1) is 16.3. The number of amides is 2. The van der Waals surface area contributed by atoms with E-state index in [9.17, 15) is 19.5 Å². The third-order valence-electron chi connectivity index (χ3n) is 7.59. The predicted molar refractivity (Wildman–Crippen MR) is 134 cm³/mol. The first-order valence-corrected chi connectivity index (χ1v) is 13.4. The second-order valence-electron chi connectivity index (χ2n) is 9.99. The van der Waals surface area contributed by atoms with Crippen LogP contribution in [0.2, 0.25) is 0 Å². The molecule has 0 radical (unpaired) electrons. The smallest absolute Gasteiger partial charge is 0.310 e. The summed E-state index contributed by atoms with van der Waals surface area (Å²) in [5, 5.41) is 9.45. The molecule has 3 heterocycles. The second kappa shape index (κ2) is 11.3. The number of hydrogen-bond acceptors (Lipinski definition) is 6. The van der Waals surface area contributed by atoms with Gasteiger partial charge < -0.3 is 19.6 Å². The van der Waals surface area contributed by atoms with Crippen molar-refractivity contribution in [2.45, 2.75) is 75.0 Å². The van der Waals surface area contributed by atoms with Gasteiger partial charge in [0.25, 0.3) is 0 Å².